The molecule has 8 aliphatic heterocycles. The zero-order chi connectivity index (χ0) is 107. The normalized spacial score (nSPS) is 47.7. The van der Waals surface area contributed by atoms with Crippen LogP contribution in [0.4, 0.5) is 0 Å². The van der Waals surface area contributed by atoms with Crippen molar-refractivity contribution in [3.63, 3.8) is 0 Å². The lowest BCUT2D eigenvalue weighted by molar-refractivity contribution is -0.390. The van der Waals surface area contributed by atoms with Gasteiger partial charge in [0.15, 0.2) is 56.2 Å². The summed E-state index contributed by atoms with van der Waals surface area (Å²) in [6, 6.07) is -1.38. The number of carbonyl (C=O) groups excluding carboxylic acids is 4. The van der Waals surface area contributed by atoms with Crippen molar-refractivity contribution >= 4 is 23.8 Å². The molecule has 13 aliphatic rings. The zero-order valence-electron chi connectivity index (χ0n) is 83.9. The molecule has 0 spiro atoms. The number of aliphatic hydroxyl groups is 24. The van der Waals surface area contributed by atoms with Crippen LogP contribution in [0.5, 0.6) is 0 Å². The van der Waals surface area contributed by atoms with Crippen LogP contribution in [0.3, 0.4) is 0 Å². The van der Waals surface area contributed by atoms with Crippen LogP contribution in [-0.4, -0.2) is 456 Å². The zero-order valence-corrected chi connectivity index (χ0v) is 83.9. The maximum atomic E-state index is 16.9. The average molecular weight is 2080 g/mol. The quantitative estimate of drug-likeness (QED) is 0.00924. The Morgan fingerprint density at radius 1 is 0.476 bits per heavy atom. The lowest BCUT2D eigenvalue weighted by Gasteiger charge is -2.72. The molecule has 12 fully saturated rings. The molecule has 50 atom stereocenters. The van der Waals surface area contributed by atoms with E-state index in [1.165, 1.54) is 58.9 Å². The van der Waals surface area contributed by atoms with Gasteiger partial charge >= 0.3 is 17.9 Å². The number of amides is 1. The van der Waals surface area contributed by atoms with E-state index in [0.717, 1.165) is 0 Å². The van der Waals surface area contributed by atoms with Gasteiger partial charge in [0.1, 0.15) is 164 Å². The number of hydrogen-bond donors (Lipinski definition) is 25. The molecule has 4 saturated carbocycles. The number of rotatable bonds is 35. The van der Waals surface area contributed by atoms with Crippen LogP contribution < -0.4 is 5.32 Å². The molecule has 0 aromatic heterocycles. The Balaban J connectivity index is 0.788. The maximum Gasteiger partial charge on any atom is 0.336 e. The fourth-order valence-electron chi connectivity index (χ4n) is 24.7. The van der Waals surface area contributed by atoms with Gasteiger partial charge in [-0.1, -0.05) is 84.4 Å². The third-order valence-electron chi connectivity index (χ3n) is 34.0. The lowest BCUT2D eigenvalue weighted by atomic mass is 9.33. The summed E-state index contributed by atoms with van der Waals surface area (Å²) in [7, 11) is 0. The summed E-state index contributed by atoms with van der Waals surface area (Å²) in [5, 5.41) is 272. The van der Waals surface area contributed by atoms with E-state index < -0.39 is 378 Å². The second kappa shape index (κ2) is 46.4. The molecule has 0 aromatic rings. The standard InChI is InChI=1S/C98H155NO46/c1-16-93(11,127)26-18-20-45(34-101)81(125)139-75-41(4)132-87(73(122)69(75)118)145-94(12,17-2)27-19-21-44(33-100)80(124)137-57-32-98(90(126)144-89-79(68(117)62(111)50(36-103)135-89)143-86-74(123)77(141-85-72(121)66(115)61(110)49(35-102)133-85)76(42(5)131-86)140-84-71(120)63(112)51(37-104)134-84)47(30-91(57,7)8)46-22-23-54-95(13)28-25-56(92(9,10)53(95)24-29-96(54,14)97(46,15)31-55(98)107)138-82-58(99-43(6)105)65(114)64(113)52(136-82)39-129-88-78(67(116)59(108)40(3)130-88)142-83-70(119)60(109)48(106)38-128-83/h16-17,20-22,40-42,47-79,82-89,100-104,106-123,127H,1-2,18-19,23-39H2,3-15H3,(H,99,105)/b44-21+,45-20+/t40?,41?,42?,47?,48-,49?,50?,51+,52?,53?,54?,55-,56+,57+,58?,59+,60+,61-,62-,63-,64-,65-,66+,67+,68+,69-,70?,71+,72?,73?,74?,75-,76+,77-,78?,79?,82+,83+,84+,85+,86+,87+,88-,89+,93?,94-,95+,96-,97-,98-/m1/s1. The smallest absolute Gasteiger partial charge is 0.336 e. The first-order valence-electron chi connectivity index (χ1n) is 50.0. The molecule has 13 rings (SSSR count). The minimum absolute atomic E-state index is 0.0571. The van der Waals surface area contributed by atoms with Crippen LogP contribution in [0.2, 0.25) is 0 Å². The van der Waals surface area contributed by atoms with E-state index in [-0.39, 0.29) is 61.5 Å². The number of allylic oxidation sites excluding steroid dienone is 4. The highest BCUT2D eigenvalue weighted by atomic mass is 16.8. The molecule has 8 heterocycles. The third kappa shape index (κ3) is 23.0. The van der Waals surface area contributed by atoms with Gasteiger partial charge in [-0.3, -0.25) is 9.59 Å². The third-order valence-corrected chi connectivity index (χ3v) is 34.0. The second-order valence-corrected chi connectivity index (χ2v) is 44.1. The van der Waals surface area contributed by atoms with Gasteiger partial charge in [-0.2, -0.15) is 0 Å². The van der Waals surface area contributed by atoms with Crippen molar-refractivity contribution in [3.8, 4) is 0 Å². The topological polar surface area (TPSA) is 732 Å². The highest BCUT2D eigenvalue weighted by molar-refractivity contribution is 5.89. The fraction of sp³-hybridized carbons (Fsp3) is 0.857. The molecule has 828 valence electrons. The lowest BCUT2D eigenvalue weighted by Crippen LogP contribution is -2.70. The van der Waals surface area contributed by atoms with E-state index in [1.807, 2.05) is 20.8 Å². The summed E-state index contributed by atoms with van der Waals surface area (Å²) in [5.74, 6) is -5.48. The Morgan fingerprint density at radius 2 is 0.979 bits per heavy atom. The van der Waals surface area contributed by atoms with Gasteiger partial charge in [-0.25, -0.2) is 9.59 Å². The number of nitrogens with one attached hydrogen (secondary N) is 1. The van der Waals surface area contributed by atoms with Crippen LogP contribution in [-0.2, 0) is 104 Å². The van der Waals surface area contributed by atoms with Crippen molar-refractivity contribution in [3.05, 3.63) is 60.3 Å². The largest absolute Gasteiger partial charge is 0.458 e. The highest BCUT2D eigenvalue weighted by Gasteiger charge is 2.74. The van der Waals surface area contributed by atoms with E-state index in [1.54, 1.807) is 20.8 Å². The van der Waals surface area contributed by atoms with Crippen molar-refractivity contribution in [2.45, 2.75) is 430 Å². The number of ether oxygens (including phenoxy) is 18. The maximum absolute atomic E-state index is 16.9. The van der Waals surface area contributed by atoms with E-state index in [4.69, 9.17) is 85.3 Å². The van der Waals surface area contributed by atoms with Crippen LogP contribution in [0.15, 0.2) is 60.3 Å². The first kappa shape index (κ1) is 117. The predicted octanol–water partition coefficient (Wildman–Crippen LogP) is -5.92. The molecular weight excluding hydrogens is 1930 g/mol. The van der Waals surface area contributed by atoms with Gasteiger partial charge in [-0.15, -0.1) is 13.2 Å². The number of carbonyl (C=O) groups is 4. The molecule has 25 N–H and O–H groups in total. The second-order valence-electron chi connectivity index (χ2n) is 44.1. The molecule has 8 saturated heterocycles. The summed E-state index contributed by atoms with van der Waals surface area (Å²) in [6.07, 6.45) is -60.6. The van der Waals surface area contributed by atoms with Crippen LogP contribution in [0.1, 0.15) is 167 Å². The van der Waals surface area contributed by atoms with Crippen LogP contribution >= 0.6 is 0 Å². The van der Waals surface area contributed by atoms with E-state index in [0.29, 0.717) is 37.7 Å². The Labute approximate surface area is 839 Å². The molecule has 0 aromatic carbocycles. The Bertz CT molecular complexity index is 4490. The van der Waals surface area contributed by atoms with Crippen molar-refractivity contribution in [1.29, 1.82) is 0 Å². The van der Waals surface area contributed by atoms with Crippen LogP contribution in [0.25, 0.3) is 0 Å². The molecule has 1 amide bonds. The number of hydrogen-bond acceptors (Lipinski definition) is 46. The van der Waals surface area contributed by atoms with Crippen LogP contribution in [0, 0.1) is 50.2 Å². The number of aliphatic hydroxyl groups excluding tert-OH is 23. The molecule has 47 heteroatoms. The van der Waals surface area contributed by atoms with E-state index >= 15 is 9.59 Å². The SMILES string of the molecule is C=CC(C)(O)CC/C=C(\CO)C(=O)O[C@@H]1C(C)O[C@@H](O[C@](C)(C=C)CC/C=C(\CO)C(=O)O[C@H]2C[C@@]3(C(=O)O[C@@H]4OC(CO)[C@@H](O)[C@H](O)C4O[C@@H]4OC(C)[C@H](O[C@@H]5O[C@@H](CO)[C@@H](O)[C@@H]5O)[C@H](O[C@@H]5OC(CO)[C@@H](O)[C@H](O)C5O)C4O)C(CC2(C)C)C2=CCC4[C@@]5(C)CC[C@H](O[C@@H]6OC(CO[C@@H]7OC(C)[C@H](O)[C@H](O)C7O[C@@H]7OC[C@@H](O)[C@H](O)C7O)[C@@H](O)[C@H](O)C6NC(C)=O)C(C)(C)C5CC[C@@]4(C)[C@]2(C)C[C@H]3O)C(O)[C@H]1O. The molecule has 0 radical (unpaired) electrons. The van der Waals surface area contributed by atoms with Gasteiger partial charge in [0, 0.05) is 18.8 Å². The summed E-state index contributed by atoms with van der Waals surface area (Å²) in [5.41, 5.74) is -9.16. The predicted molar refractivity (Wildman–Crippen MR) is 490 cm³/mol. The average Bonchev–Trinajstić information content (AvgIpc) is 1.64. The van der Waals surface area contributed by atoms with Crippen molar-refractivity contribution in [2.24, 2.45) is 50.2 Å². The Hall–Kier alpha value is -4.98. The molecule has 0 bridgehead atoms. The molecule has 5 aliphatic carbocycles. The summed E-state index contributed by atoms with van der Waals surface area (Å²) < 4.78 is 110. The number of esters is 3. The van der Waals surface area contributed by atoms with E-state index in [9.17, 15) is 132 Å². The summed E-state index contributed by atoms with van der Waals surface area (Å²) in [6.45, 7) is 24.5. The number of fused-ring (bicyclic) bond motifs is 7. The summed E-state index contributed by atoms with van der Waals surface area (Å²) >= 11 is 0. The Kier molecular flexibility index (Phi) is 37.4. The highest BCUT2D eigenvalue weighted by Crippen LogP contribution is 2.76. The van der Waals surface area contributed by atoms with Gasteiger partial charge in [0.2, 0.25) is 12.2 Å². The first-order chi connectivity index (χ1) is 68.0. The van der Waals surface area contributed by atoms with Gasteiger partial charge in [0.25, 0.3) is 0 Å². The minimum Gasteiger partial charge on any atom is -0.458 e. The van der Waals surface area contributed by atoms with Gasteiger partial charge in [0.05, 0.1) is 99.1 Å². The Morgan fingerprint density at radius 3 is 1.59 bits per heavy atom. The van der Waals surface area contributed by atoms with Crippen molar-refractivity contribution in [2.75, 3.05) is 46.2 Å². The van der Waals surface area contributed by atoms with E-state index in [2.05, 4.69) is 38.4 Å². The molecule has 145 heavy (non-hydrogen) atoms. The molecule has 47 nitrogen and oxygen atoms in total. The monoisotopic (exact) mass is 2080 g/mol. The molecule has 17 unspecified atom stereocenters. The minimum atomic E-state index is -2.30. The van der Waals surface area contributed by atoms with Gasteiger partial charge < -0.3 is 213 Å². The van der Waals surface area contributed by atoms with Crippen molar-refractivity contribution < 1.29 is 227 Å². The molecular formula is C98H155NO46. The van der Waals surface area contributed by atoms with Crippen molar-refractivity contribution in [1.82, 2.24) is 5.32 Å². The first-order valence-corrected chi connectivity index (χ1v) is 50.0. The fourth-order valence-corrected chi connectivity index (χ4v) is 24.7. The van der Waals surface area contributed by atoms with Gasteiger partial charge in [-0.05, 0) is 145 Å². The summed E-state index contributed by atoms with van der Waals surface area (Å²) in [4.78, 5) is 58.4.